The summed E-state index contributed by atoms with van der Waals surface area (Å²) in [4.78, 5) is 8.77. The maximum atomic E-state index is 6.17. The minimum absolute atomic E-state index is 0.164. The van der Waals surface area contributed by atoms with Crippen molar-refractivity contribution in [3.8, 4) is 0 Å². The monoisotopic (exact) mass is 338 g/mol. The van der Waals surface area contributed by atoms with Gasteiger partial charge >= 0.3 is 0 Å². The van der Waals surface area contributed by atoms with E-state index in [2.05, 4.69) is 39.7 Å². The van der Waals surface area contributed by atoms with Crippen molar-refractivity contribution in [1.29, 1.82) is 0 Å². The van der Waals surface area contributed by atoms with Gasteiger partial charge in [-0.25, -0.2) is 4.98 Å². The van der Waals surface area contributed by atoms with Crippen LogP contribution in [0.1, 0.15) is 24.1 Å². The van der Waals surface area contributed by atoms with Gasteiger partial charge in [0, 0.05) is 23.8 Å². The van der Waals surface area contributed by atoms with Crippen molar-refractivity contribution in [2.24, 2.45) is 0 Å². The molecule has 1 heterocycles. The molecule has 0 radical (unpaired) electrons. The van der Waals surface area contributed by atoms with E-state index in [1.165, 1.54) is 5.56 Å². The predicted octanol–water partition coefficient (Wildman–Crippen LogP) is 4.92. The van der Waals surface area contributed by atoms with Gasteiger partial charge in [-0.1, -0.05) is 60.1 Å². The van der Waals surface area contributed by atoms with E-state index < -0.39 is 0 Å². The fourth-order valence-corrected chi connectivity index (χ4v) is 2.59. The summed E-state index contributed by atoms with van der Waals surface area (Å²) in [5, 5.41) is 7.33. The molecule has 1 unspecified atom stereocenters. The van der Waals surface area contributed by atoms with E-state index in [-0.39, 0.29) is 6.04 Å². The SMILES string of the molecule is CC(Nc1ccnc(NCc2ccccc2Cl)n1)c1ccccc1. The summed E-state index contributed by atoms with van der Waals surface area (Å²) < 4.78 is 0. The minimum Gasteiger partial charge on any atom is -0.363 e. The maximum Gasteiger partial charge on any atom is 0.224 e. The molecule has 0 saturated heterocycles. The van der Waals surface area contributed by atoms with E-state index in [9.17, 15) is 0 Å². The molecule has 1 aromatic heterocycles. The third kappa shape index (κ3) is 4.24. The Kier molecular flexibility index (Phi) is 5.29. The Morgan fingerprint density at radius 3 is 2.54 bits per heavy atom. The van der Waals surface area contributed by atoms with E-state index in [1.54, 1.807) is 6.20 Å². The lowest BCUT2D eigenvalue weighted by molar-refractivity contribution is 0.871. The molecule has 2 aromatic carbocycles. The van der Waals surface area contributed by atoms with Gasteiger partial charge < -0.3 is 10.6 Å². The fourth-order valence-electron chi connectivity index (χ4n) is 2.39. The number of nitrogens with zero attached hydrogens (tertiary/aromatic N) is 2. The highest BCUT2D eigenvalue weighted by Gasteiger charge is 2.07. The molecule has 0 aliphatic rings. The summed E-state index contributed by atoms with van der Waals surface area (Å²) in [6.07, 6.45) is 1.74. The Hall–Kier alpha value is -2.59. The molecule has 4 nitrogen and oxygen atoms in total. The summed E-state index contributed by atoms with van der Waals surface area (Å²) in [5.41, 5.74) is 2.22. The van der Waals surface area contributed by atoms with Gasteiger partial charge in [0.2, 0.25) is 5.95 Å². The molecule has 0 fully saturated rings. The Balaban J connectivity index is 1.65. The fraction of sp³-hybridized carbons (Fsp3) is 0.158. The second-order valence-corrected chi connectivity index (χ2v) is 5.89. The lowest BCUT2D eigenvalue weighted by Gasteiger charge is -2.15. The molecular weight excluding hydrogens is 320 g/mol. The molecule has 5 heteroatoms. The zero-order valence-corrected chi connectivity index (χ0v) is 14.2. The first kappa shape index (κ1) is 16.3. The van der Waals surface area contributed by atoms with Crippen LogP contribution in [0.4, 0.5) is 11.8 Å². The number of halogens is 1. The van der Waals surface area contributed by atoms with Crippen LogP contribution in [0.3, 0.4) is 0 Å². The molecule has 24 heavy (non-hydrogen) atoms. The number of hydrogen-bond acceptors (Lipinski definition) is 4. The molecular formula is C19H19ClN4. The van der Waals surface area contributed by atoms with Crippen molar-refractivity contribution >= 4 is 23.4 Å². The highest BCUT2D eigenvalue weighted by atomic mass is 35.5. The van der Waals surface area contributed by atoms with Gasteiger partial charge in [0.15, 0.2) is 0 Å². The standard InChI is InChI=1S/C19H19ClN4/c1-14(15-7-3-2-4-8-15)23-18-11-12-21-19(24-18)22-13-16-9-5-6-10-17(16)20/h2-12,14H,13H2,1H3,(H2,21,22,23,24). The smallest absolute Gasteiger partial charge is 0.224 e. The second kappa shape index (κ2) is 7.79. The molecule has 0 saturated carbocycles. The van der Waals surface area contributed by atoms with Crippen molar-refractivity contribution in [3.05, 3.63) is 83.0 Å². The first-order valence-electron chi connectivity index (χ1n) is 7.84. The van der Waals surface area contributed by atoms with E-state index in [0.717, 1.165) is 16.4 Å². The number of benzene rings is 2. The number of anilines is 2. The third-order valence-corrected chi connectivity index (χ3v) is 4.08. The van der Waals surface area contributed by atoms with Gasteiger partial charge in [-0.05, 0) is 30.2 Å². The van der Waals surface area contributed by atoms with E-state index in [1.807, 2.05) is 48.5 Å². The van der Waals surface area contributed by atoms with Gasteiger partial charge in [0.05, 0.1) is 0 Å². The van der Waals surface area contributed by atoms with Gasteiger partial charge in [0.25, 0.3) is 0 Å². The van der Waals surface area contributed by atoms with Crippen molar-refractivity contribution in [1.82, 2.24) is 9.97 Å². The molecule has 0 bridgehead atoms. The molecule has 122 valence electrons. The zero-order valence-electron chi connectivity index (χ0n) is 13.4. The van der Waals surface area contributed by atoms with Gasteiger partial charge in [-0.2, -0.15) is 4.98 Å². The van der Waals surface area contributed by atoms with Gasteiger partial charge in [0.1, 0.15) is 5.82 Å². The second-order valence-electron chi connectivity index (χ2n) is 5.49. The molecule has 0 aliphatic carbocycles. The zero-order chi connectivity index (χ0) is 16.8. The lowest BCUT2D eigenvalue weighted by atomic mass is 10.1. The summed E-state index contributed by atoms with van der Waals surface area (Å²) >= 11 is 6.17. The van der Waals surface area contributed by atoms with Crippen LogP contribution in [0.15, 0.2) is 66.9 Å². The van der Waals surface area contributed by atoms with Crippen molar-refractivity contribution in [2.45, 2.75) is 19.5 Å². The summed E-state index contributed by atoms with van der Waals surface area (Å²) in [6, 6.07) is 20.0. The quantitative estimate of drug-likeness (QED) is 0.670. The van der Waals surface area contributed by atoms with E-state index in [4.69, 9.17) is 11.6 Å². The number of rotatable bonds is 6. The summed E-state index contributed by atoms with van der Waals surface area (Å²) in [5.74, 6) is 1.35. The van der Waals surface area contributed by atoms with E-state index >= 15 is 0 Å². The van der Waals surface area contributed by atoms with E-state index in [0.29, 0.717) is 12.5 Å². The normalized spacial score (nSPS) is 11.8. The minimum atomic E-state index is 0.164. The van der Waals surface area contributed by atoms with Crippen LogP contribution < -0.4 is 10.6 Å². The molecule has 1 atom stereocenters. The predicted molar refractivity (Wildman–Crippen MR) is 99.3 cm³/mol. The Morgan fingerprint density at radius 2 is 1.75 bits per heavy atom. The van der Waals surface area contributed by atoms with Crippen LogP contribution in [0, 0.1) is 0 Å². The molecule has 3 rings (SSSR count). The van der Waals surface area contributed by atoms with Crippen LogP contribution in [0.5, 0.6) is 0 Å². The Labute approximate surface area is 146 Å². The number of aromatic nitrogens is 2. The van der Waals surface area contributed by atoms with Crippen LogP contribution in [0.2, 0.25) is 5.02 Å². The van der Waals surface area contributed by atoms with Crippen LogP contribution in [-0.4, -0.2) is 9.97 Å². The largest absolute Gasteiger partial charge is 0.363 e. The number of hydrogen-bond donors (Lipinski definition) is 2. The maximum absolute atomic E-state index is 6.17. The highest BCUT2D eigenvalue weighted by Crippen LogP contribution is 2.19. The van der Waals surface area contributed by atoms with Gasteiger partial charge in [-0.15, -0.1) is 0 Å². The topological polar surface area (TPSA) is 49.8 Å². The average molecular weight is 339 g/mol. The van der Waals surface area contributed by atoms with Crippen molar-refractivity contribution in [2.75, 3.05) is 10.6 Å². The Bertz CT molecular complexity index is 792. The molecule has 3 aromatic rings. The molecule has 0 spiro atoms. The first-order chi connectivity index (χ1) is 11.7. The lowest BCUT2D eigenvalue weighted by Crippen LogP contribution is -2.10. The van der Waals surface area contributed by atoms with Gasteiger partial charge in [-0.3, -0.25) is 0 Å². The summed E-state index contributed by atoms with van der Waals surface area (Å²) in [7, 11) is 0. The number of nitrogens with one attached hydrogen (secondary N) is 2. The first-order valence-corrected chi connectivity index (χ1v) is 8.22. The Morgan fingerprint density at radius 1 is 1.00 bits per heavy atom. The van der Waals surface area contributed by atoms with Crippen LogP contribution >= 0.6 is 11.6 Å². The van der Waals surface area contributed by atoms with Crippen LogP contribution in [0.25, 0.3) is 0 Å². The van der Waals surface area contributed by atoms with Crippen molar-refractivity contribution in [3.63, 3.8) is 0 Å². The molecule has 0 aliphatic heterocycles. The van der Waals surface area contributed by atoms with Crippen LogP contribution in [-0.2, 0) is 6.54 Å². The summed E-state index contributed by atoms with van der Waals surface area (Å²) in [6.45, 7) is 2.69. The molecule has 2 N–H and O–H groups in total. The average Bonchev–Trinajstić information content (AvgIpc) is 2.62. The highest BCUT2D eigenvalue weighted by molar-refractivity contribution is 6.31. The molecule has 0 amide bonds. The van der Waals surface area contributed by atoms with Crippen molar-refractivity contribution < 1.29 is 0 Å². The third-order valence-electron chi connectivity index (χ3n) is 3.71.